The third-order valence-corrected chi connectivity index (χ3v) is 2.56. The molecule has 0 saturated heterocycles. The molecule has 6 nitrogen and oxygen atoms in total. The Morgan fingerprint density at radius 3 is 3.18 bits per heavy atom. The van der Waals surface area contributed by atoms with Gasteiger partial charge < -0.3 is 5.32 Å². The summed E-state index contributed by atoms with van der Waals surface area (Å²) in [6.07, 6.45) is 6.06. The van der Waals surface area contributed by atoms with Gasteiger partial charge in [-0.15, -0.1) is 0 Å². The maximum Gasteiger partial charge on any atom is 0.138 e. The second kappa shape index (κ2) is 4.25. The highest BCUT2D eigenvalue weighted by molar-refractivity contribution is 5.49. The number of nitrogens with one attached hydrogen (secondary N) is 2. The fraction of sp³-hybridized carbons (Fsp3) is 0.182. The number of rotatable bonds is 4. The van der Waals surface area contributed by atoms with Crippen LogP contribution in [0.2, 0.25) is 0 Å². The van der Waals surface area contributed by atoms with E-state index in [4.69, 9.17) is 0 Å². The summed E-state index contributed by atoms with van der Waals surface area (Å²) in [6, 6.07) is 5.98. The van der Waals surface area contributed by atoms with Crippen LogP contribution in [0.4, 0.5) is 5.82 Å². The van der Waals surface area contributed by atoms with Crippen molar-refractivity contribution in [1.82, 2.24) is 24.6 Å². The largest absolute Gasteiger partial charge is 0.371 e. The number of hydrogen-bond donors (Lipinski definition) is 2. The van der Waals surface area contributed by atoms with Gasteiger partial charge in [0, 0.05) is 25.4 Å². The molecule has 0 aliphatic heterocycles. The molecule has 3 aromatic heterocycles. The van der Waals surface area contributed by atoms with Crippen molar-refractivity contribution in [3.05, 3.63) is 42.7 Å². The van der Waals surface area contributed by atoms with E-state index in [9.17, 15) is 0 Å². The summed E-state index contributed by atoms with van der Waals surface area (Å²) in [7, 11) is 0. The van der Waals surface area contributed by atoms with Crippen molar-refractivity contribution in [2.75, 3.05) is 11.9 Å². The van der Waals surface area contributed by atoms with E-state index in [-0.39, 0.29) is 0 Å². The summed E-state index contributed by atoms with van der Waals surface area (Å²) in [5.74, 6) is 1.91. The molecule has 0 spiro atoms. The van der Waals surface area contributed by atoms with Gasteiger partial charge in [-0.1, -0.05) is 6.07 Å². The molecule has 3 rings (SSSR count). The number of aromatic nitrogens is 5. The lowest BCUT2D eigenvalue weighted by Gasteiger charge is -2.07. The number of aromatic amines is 1. The molecule has 0 fully saturated rings. The van der Waals surface area contributed by atoms with Crippen LogP contribution in [0.1, 0.15) is 5.82 Å². The minimum Gasteiger partial charge on any atom is -0.371 e. The molecule has 0 aliphatic carbocycles. The van der Waals surface area contributed by atoms with Crippen LogP contribution >= 0.6 is 0 Å². The highest BCUT2D eigenvalue weighted by Crippen LogP contribution is 2.10. The summed E-state index contributed by atoms with van der Waals surface area (Å²) < 4.78 is 2.01. The average molecular weight is 228 g/mol. The topological polar surface area (TPSA) is 70.9 Å². The first kappa shape index (κ1) is 9.83. The number of fused-ring (bicyclic) bond motifs is 1. The highest BCUT2D eigenvalue weighted by Gasteiger charge is 2.00. The number of H-pyrrole nitrogens is 1. The quantitative estimate of drug-likeness (QED) is 0.701. The van der Waals surface area contributed by atoms with Gasteiger partial charge in [0.25, 0.3) is 0 Å². The van der Waals surface area contributed by atoms with Gasteiger partial charge in [0.05, 0.1) is 0 Å². The van der Waals surface area contributed by atoms with Crippen LogP contribution in [0.25, 0.3) is 5.65 Å². The minimum absolute atomic E-state index is 0.798. The first-order valence-corrected chi connectivity index (χ1v) is 5.44. The van der Waals surface area contributed by atoms with Crippen molar-refractivity contribution in [2.24, 2.45) is 0 Å². The molecule has 86 valence electrons. The molecule has 0 aromatic carbocycles. The number of imidazole rings is 1. The van der Waals surface area contributed by atoms with Gasteiger partial charge in [-0.05, 0) is 12.1 Å². The van der Waals surface area contributed by atoms with E-state index >= 15 is 0 Å². The Balaban J connectivity index is 1.70. The van der Waals surface area contributed by atoms with Crippen LogP contribution in [0.15, 0.2) is 36.9 Å². The van der Waals surface area contributed by atoms with Crippen molar-refractivity contribution >= 4 is 11.5 Å². The molecule has 2 N–H and O–H groups in total. The highest BCUT2D eigenvalue weighted by atomic mass is 15.2. The van der Waals surface area contributed by atoms with E-state index in [0.29, 0.717) is 0 Å². The summed E-state index contributed by atoms with van der Waals surface area (Å²) in [5.41, 5.74) is 0.940. The molecule has 0 atom stereocenters. The molecule has 0 radical (unpaired) electrons. The van der Waals surface area contributed by atoms with E-state index in [1.54, 1.807) is 6.20 Å². The van der Waals surface area contributed by atoms with Crippen LogP contribution in [0.5, 0.6) is 0 Å². The fourth-order valence-corrected chi connectivity index (χ4v) is 1.75. The van der Waals surface area contributed by atoms with Crippen LogP contribution in [-0.2, 0) is 6.42 Å². The normalized spacial score (nSPS) is 10.8. The van der Waals surface area contributed by atoms with Crippen molar-refractivity contribution in [3.8, 4) is 0 Å². The number of anilines is 1. The molecule has 0 amide bonds. The predicted octanol–water partition coefficient (Wildman–Crippen LogP) is 1.11. The zero-order chi connectivity index (χ0) is 11.5. The molecule has 17 heavy (non-hydrogen) atoms. The Kier molecular flexibility index (Phi) is 2.45. The minimum atomic E-state index is 0.798. The first-order valence-electron chi connectivity index (χ1n) is 5.44. The lowest BCUT2D eigenvalue weighted by atomic mass is 10.4. The smallest absolute Gasteiger partial charge is 0.138 e. The number of nitrogens with zero attached hydrogens (tertiary/aromatic N) is 4. The summed E-state index contributed by atoms with van der Waals surface area (Å²) >= 11 is 0. The van der Waals surface area contributed by atoms with Gasteiger partial charge in [-0.3, -0.25) is 9.50 Å². The summed E-state index contributed by atoms with van der Waals surface area (Å²) in [5, 5.41) is 9.99. The Morgan fingerprint density at radius 2 is 2.29 bits per heavy atom. The lowest BCUT2D eigenvalue weighted by molar-refractivity contribution is 0.894. The molecular formula is C11H12N6. The lowest BCUT2D eigenvalue weighted by Crippen LogP contribution is -2.08. The Bertz CT molecular complexity index is 597. The average Bonchev–Trinajstić information content (AvgIpc) is 2.99. The first-order chi connectivity index (χ1) is 8.43. The Morgan fingerprint density at radius 1 is 1.29 bits per heavy atom. The third kappa shape index (κ3) is 1.96. The number of hydrogen-bond acceptors (Lipinski definition) is 4. The molecule has 3 aromatic rings. The maximum atomic E-state index is 4.23. The zero-order valence-electron chi connectivity index (χ0n) is 9.17. The second-order valence-corrected chi connectivity index (χ2v) is 3.68. The predicted molar refractivity (Wildman–Crippen MR) is 63.8 cm³/mol. The Hall–Kier alpha value is -2.37. The summed E-state index contributed by atoms with van der Waals surface area (Å²) in [6.45, 7) is 0.798. The van der Waals surface area contributed by atoms with Gasteiger partial charge >= 0.3 is 0 Å². The van der Waals surface area contributed by atoms with Gasteiger partial charge in [0.1, 0.15) is 23.6 Å². The molecule has 0 aliphatic rings. The van der Waals surface area contributed by atoms with E-state index in [1.165, 1.54) is 6.33 Å². The van der Waals surface area contributed by atoms with Crippen LogP contribution in [-0.4, -0.2) is 31.1 Å². The molecule has 0 bridgehead atoms. The van der Waals surface area contributed by atoms with Gasteiger partial charge in [-0.25, -0.2) is 9.97 Å². The third-order valence-electron chi connectivity index (χ3n) is 2.56. The molecule has 3 heterocycles. The zero-order valence-corrected chi connectivity index (χ0v) is 9.17. The fourth-order valence-electron chi connectivity index (χ4n) is 1.75. The van der Waals surface area contributed by atoms with Crippen LogP contribution in [0, 0.1) is 0 Å². The van der Waals surface area contributed by atoms with E-state index in [0.717, 1.165) is 30.3 Å². The maximum absolute atomic E-state index is 4.23. The van der Waals surface area contributed by atoms with E-state index < -0.39 is 0 Å². The van der Waals surface area contributed by atoms with Crippen LogP contribution < -0.4 is 5.32 Å². The van der Waals surface area contributed by atoms with Crippen molar-refractivity contribution in [1.29, 1.82) is 0 Å². The second-order valence-electron chi connectivity index (χ2n) is 3.68. The van der Waals surface area contributed by atoms with Crippen LogP contribution in [0.3, 0.4) is 0 Å². The van der Waals surface area contributed by atoms with E-state index in [1.807, 2.05) is 28.8 Å². The molecular weight excluding hydrogens is 216 g/mol. The van der Waals surface area contributed by atoms with Gasteiger partial charge in [0.2, 0.25) is 0 Å². The van der Waals surface area contributed by atoms with Crippen molar-refractivity contribution in [3.63, 3.8) is 0 Å². The van der Waals surface area contributed by atoms with E-state index in [2.05, 4.69) is 25.5 Å². The SMILES string of the molecule is c1cc(NCCc2ncn[nH]2)n2ccnc2c1. The standard InChI is InChI=1S/C11H12N6/c1-2-10(17-7-6-13-11(17)3-1)12-5-4-9-14-8-15-16-9/h1-3,6-8,12H,4-5H2,(H,14,15,16). The molecule has 0 unspecified atom stereocenters. The van der Waals surface area contributed by atoms with Gasteiger partial charge in [-0.2, -0.15) is 5.10 Å². The van der Waals surface area contributed by atoms with Gasteiger partial charge in [0.15, 0.2) is 0 Å². The summed E-state index contributed by atoms with van der Waals surface area (Å²) in [4.78, 5) is 8.31. The number of pyridine rings is 1. The monoisotopic (exact) mass is 228 g/mol. The molecule has 6 heteroatoms. The van der Waals surface area contributed by atoms with Crippen molar-refractivity contribution in [2.45, 2.75) is 6.42 Å². The van der Waals surface area contributed by atoms with Crippen molar-refractivity contribution < 1.29 is 0 Å². The molecule has 0 saturated carbocycles. The Labute approximate surface area is 97.7 Å².